The zero-order chi connectivity index (χ0) is 37.3. The van der Waals surface area contributed by atoms with Gasteiger partial charge in [-0.05, 0) is 103 Å². The van der Waals surface area contributed by atoms with Gasteiger partial charge in [-0.2, -0.15) is 13.2 Å². The molecule has 2 unspecified atom stereocenters. The molecule has 0 radical (unpaired) electrons. The van der Waals surface area contributed by atoms with E-state index in [4.69, 9.17) is 24.7 Å². The molecule has 1 saturated carbocycles. The molecule has 0 bridgehead atoms. The van der Waals surface area contributed by atoms with Gasteiger partial charge in [-0.25, -0.2) is 0 Å². The third-order valence-electron chi connectivity index (χ3n) is 8.66. The number of nitrogens with zero attached hydrogens (tertiary/aromatic N) is 1. The lowest BCUT2D eigenvalue weighted by Crippen LogP contribution is -2.60. The van der Waals surface area contributed by atoms with Gasteiger partial charge >= 0.3 is 23.8 Å². The van der Waals surface area contributed by atoms with Gasteiger partial charge in [0, 0.05) is 25.2 Å². The Balaban J connectivity index is 3.25. The molecule has 1 rings (SSSR count). The van der Waals surface area contributed by atoms with Crippen molar-refractivity contribution in [2.24, 2.45) is 0 Å². The summed E-state index contributed by atoms with van der Waals surface area (Å²) in [6, 6.07) is 3.22. The molecular weight excluding hydrogens is 772 g/mol. The fourth-order valence-corrected chi connectivity index (χ4v) is 41.4. The van der Waals surface area contributed by atoms with Gasteiger partial charge in [-0.15, -0.1) is 0 Å². The fraction of sp³-hybridized carbons (Fsp3) is 0.964. The van der Waals surface area contributed by atoms with Gasteiger partial charge in [0.15, 0.2) is 53.5 Å². The number of amides is 1. The first-order chi connectivity index (χ1) is 21.7. The highest BCUT2D eigenvalue weighted by Gasteiger charge is 2.52. The second-order valence-electron chi connectivity index (χ2n) is 16.4. The molecule has 2 atom stereocenters. The van der Waals surface area contributed by atoms with Crippen molar-refractivity contribution in [3.63, 3.8) is 0 Å². The molecule has 286 valence electrons. The van der Waals surface area contributed by atoms with Crippen LogP contribution in [0.15, 0.2) is 0 Å². The van der Waals surface area contributed by atoms with E-state index in [2.05, 4.69) is 91.7 Å². The van der Waals surface area contributed by atoms with Crippen molar-refractivity contribution in [3.8, 4) is 0 Å². The number of carbonyl (C=O) groups excluding carboxylic acids is 1. The lowest BCUT2D eigenvalue weighted by atomic mass is 9.93. The van der Waals surface area contributed by atoms with Crippen LogP contribution in [0, 0.1) is 0 Å². The first-order valence-electron chi connectivity index (χ1n) is 18.1. The maximum absolute atomic E-state index is 13.0. The topological polar surface area (TPSA) is 75.7 Å². The van der Waals surface area contributed by atoms with Crippen LogP contribution in [0.25, 0.3) is 0 Å². The molecule has 0 N–H and O–H groups in total. The minimum Gasteiger partial charge on any atom is -0.420 e. The van der Waals surface area contributed by atoms with Gasteiger partial charge in [0.05, 0.1) is 8.07 Å². The summed E-state index contributed by atoms with van der Waals surface area (Å²) >= 11 is 0. The molecule has 48 heavy (non-hydrogen) atoms. The quantitative estimate of drug-likeness (QED) is 0.111. The lowest BCUT2D eigenvalue weighted by molar-refractivity contribution is -0.162. The van der Waals surface area contributed by atoms with E-state index < -0.39 is 97.7 Å². The standard InChI is InChI=1S/C28H70F3NO7Si9/c1-32(27(33)24-28(29,30)31)25-17-16-18-26(23-25)45(12,13)19-20-46(14,15)39-48(37-43(8)9,38-44(10)11)22-21-47(34-40(2)3,35-41(4)5)36-42(6)7/h25-26,40-44H,16-24H2,1-15H3. The molecular formula is C28H70F3NO7Si9. The molecule has 8 nitrogen and oxygen atoms in total. The molecule has 1 fully saturated rings. The Morgan fingerprint density at radius 3 is 1.52 bits per heavy atom. The van der Waals surface area contributed by atoms with Gasteiger partial charge < -0.3 is 29.6 Å². The smallest absolute Gasteiger partial charge is 0.420 e. The molecule has 0 aromatic heterocycles. The first-order valence-corrected chi connectivity index (χ1v) is 42.3. The van der Waals surface area contributed by atoms with Crippen molar-refractivity contribution in [2.45, 2.75) is 166 Å². The highest BCUT2D eigenvalue weighted by atomic mass is 28.5. The van der Waals surface area contributed by atoms with Gasteiger partial charge in [-0.1, -0.05) is 32.0 Å². The molecule has 0 spiro atoms. The molecule has 0 heterocycles. The summed E-state index contributed by atoms with van der Waals surface area (Å²) in [6.45, 7) is 31.3. The minimum absolute atomic E-state index is 0.131. The van der Waals surface area contributed by atoms with Gasteiger partial charge in [-0.3, -0.25) is 4.79 Å². The Morgan fingerprint density at radius 1 is 0.688 bits per heavy atom. The SMILES string of the molecule is CN(C(=O)CC(F)(F)F)C1CCCC([Si](C)(C)CC[Si](C)(C)O[Si](CC[Si](O[SiH](C)C)(O[SiH](C)C)O[SiH](C)C)(O[SiH](C)C)O[SiH](C)C)C1. The summed E-state index contributed by atoms with van der Waals surface area (Å²) in [5, 5.41) is 0. The summed E-state index contributed by atoms with van der Waals surface area (Å²) in [5.41, 5.74) is 0.446. The molecule has 0 aromatic carbocycles. The fourth-order valence-electron chi connectivity index (χ4n) is 6.63. The van der Waals surface area contributed by atoms with Crippen molar-refractivity contribution < 1.29 is 42.7 Å². The van der Waals surface area contributed by atoms with Crippen LogP contribution in [0.5, 0.6) is 0 Å². The summed E-state index contributed by atoms with van der Waals surface area (Å²) in [6.07, 6.45) is -2.29. The van der Waals surface area contributed by atoms with Crippen LogP contribution < -0.4 is 0 Å². The van der Waals surface area contributed by atoms with Crippen LogP contribution >= 0.6 is 0 Å². The van der Waals surface area contributed by atoms with Gasteiger partial charge in [0.1, 0.15) is 6.42 Å². The van der Waals surface area contributed by atoms with E-state index in [1.54, 1.807) is 7.05 Å². The molecule has 1 aliphatic rings. The minimum atomic E-state index is -4.48. The average molecular weight is 843 g/mol. The predicted octanol–water partition coefficient (Wildman–Crippen LogP) is 7.52. The lowest BCUT2D eigenvalue weighted by Gasteiger charge is -2.44. The average Bonchev–Trinajstić information content (AvgIpc) is 2.87. The summed E-state index contributed by atoms with van der Waals surface area (Å²) in [5.74, 6) is -0.825. The zero-order valence-electron chi connectivity index (χ0n) is 32.8. The highest BCUT2D eigenvalue weighted by molar-refractivity contribution is 6.88. The second kappa shape index (κ2) is 19.9. The van der Waals surface area contributed by atoms with E-state index in [0.29, 0.717) is 17.6 Å². The summed E-state index contributed by atoms with van der Waals surface area (Å²) < 4.78 is 80.3. The van der Waals surface area contributed by atoms with Crippen molar-refractivity contribution in [2.75, 3.05) is 7.05 Å². The number of hydrogen-bond donors (Lipinski definition) is 0. The number of rotatable bonds is 21. The third-order valence-corrected chi connectivity index (χ3v) is 37.2. The largest absolute Gasteiger partial charge is 0.469 e. The maximum Gasteiger partial charge on any atom is 0.469 e. The molecule has 0 aliphatic heterocycles. The van der Waals surface area contributed by atoms with Crippen LogP contribution in [-0.2, 0) is 29.5 Å². The highest BCUT2D eigenvalue weighted by Crippen LogP contribution is 2.43. The van der Waals surface area contributed by atoms with E-state index in [1.165, 1.54) is 4.90 Å². The number of alkyl halides is 3. The van der Waals surface area contributed by atoms with Crippen LogP contribution in [-0.4, -0.2) is 109 Å². The monoisotopic (exact) mass is 841 g/mol. The maximum atomic E-state index is 13.0. The Bertz CT molecular complexity index is 943. The van der Waals surface area contributed by atoms with E-state index in [9.17, 15) is 18.0 Å². The Hall–Kier alpha value is 0.972. The van der Waals surface area contributed by atoms with Crippen LogP contribution in [0.2, 0.25) is 121 Å². The van der Waals surface area contributed by atoms with E-state index in [0.717, 1.165) is 37.8 Å². The Morgan fingerprint density at radius 2 is 1.10 bits per heavy atom. The second-order valence-corrected chi connectivity index (χ2v) is 45.4. The normalized spacial score (nSPS) is 19.0. The molecule has 20 heteroatoms. The summed E-state index contributed by atoms with van der Waals surface area (Å²) in [4.78, 5) is 13.8. The predicted molar refractivity (Wildman–Crippen MR) is 216 cm³/mol. The van der Waals surface area contributed by atoms with Crippen molar-refractivity contribution in [1.82, 2.24) is 4.90 Å². The number of hydrogen-bond acceptors (Lipinski definition) is 7. The zero-order valence-corrected chi connectivity index (χ0v) is 42.6. The van der Waals surface area contributed by atoms with Crippen LogP contribution in [0.3, 0.4) is 0 Å². The summed E-state index contributed by atoms with van der Waals surface area (Å²) in [7, 11) is -16.1. The van der Waals surface area contributed by atoms with E-state index in [-0.39, 0.29) is 6.04 Å². The molecule has 0 saturated heterocycles. The molecule has 0 aromatic rings. The van der Waals surface area contributed by atoms with Crippen molar-refractivity contribution in [1.29, 1.82) is 0 Å². The van der Waals surface area contributed by atoms with Crippen LogP contribution in [0.1, 0.15) is 32.1 Å². The van der Waals surface area contributed by atoms with Gasteiger partial charge in [0.25, 0.3) is 0 Å². The van der Waals surface area contributed by atoms with E-state index >= 15 is 0 Å². The van der Waals surface area contributed by atoms with Crippen LogP contribution in [0.4, 0.5) is 13.2 Å². The molecule has 1 amide bonds. The Labute approximate surface area is 304 Å². The third kappa shape index (κ3) is 17.7. The van der Waals surface area contributed by atoms with Crippen molar-refractivity contribution in [3.05, 3.63) is 0 Å². The van der Waals surface area contributed by atoms with E-state index in [1.807, 2.05) is 0 Å². The number of halogens is 3. The Kier molecular flexibility index (Phi) is 19.5. The number of carbonyl (C=O) groups is 1. The molecule has 1 aliphatic carbocycles. The van der Waals surface area contributed by atoms with Gasteiger partial charge in [0.2, 0.25) is 5.91 Å². The first kappa shape index (κ1) is 47.0. The van der Waals surface area contributed by atoms with Crippen molar-refractivity contribution >= 4 is 85.1 Å².